The Balaban J connectivity index is 1.77. The van der Waals surface area contributed by atoms with Crippen molar-refractivity contribution in [3.63, 3.8) is 0 Å². The number of aromatic nitrogens is 1. The van der Waals surface area contributed by atoms with Gasteiger partial charge in [-0.05, 0) is 58.5 Å². The lowest BCUT2D eigenvalue weighted by Crippen LogP contribution is -2.19. The third-order valence-electron chi connectivity index (χ3n) is 3.87. The molecule has 3 heteroatoms. The largest absolute Gasteiger partial charge is 0.311 e. The first-order valence-electron chi connectivity index (χ1n) is 6.67. The number of hydrogen-bond donors (Lipinski definition) is 0. The van der Waals surface area contributed by atoms with Gasteiger partial charge in [0.1, 0.15) is 0 Å². The summed E-state index contributed by atoms with van der Waals surface area (Å²) in [5, 5.41) is 0. The monoisotopic (exact) mass is 365 g/mol. The molecule has 0 aliphatic heterocycles. The van der Waals surface area contributed by atoms with Gasteiger partial charge in [-0.2, -0.15) is 0 Å². The van der Waals surface area contributed by atoms with Gasteiger partial charge in [0.05, 0.1) is 6.54 Å². The molecule has 98 valence electrons. The predicted molar refractivity (Wildman–Crippen MR) is 85.6 cm³/mol. The van der Waals surface area contributed by atoms with Crippen molar-refractivity contribution in [2.24, 2.45) is 0 Å². The van der Waals surface area contributed by atoms with E-state index in [0.717, 1.165) is 9.49 Å². The minimum Gasteiger partial charge on any atom is -0.311 e. The topological polar surface area (TPSA) is 22.0 Å². The first kappa shape index (κ1) is 12.9. The normalized spacial score (nSPS) is 15.2. The van der Waals surface area contributed by atoms with Gasteiger partial charge < -0.3 is 4.57 Å². The maximum Gasteiger partial charge on any atom is 0.251 e. The minimum atomic E-state index is 0.0648. The summed E-state index contributed by atoms with van der Waals surface area (Å²) in [6, 6.07) is 12.4. The van der Waals surface area contributed by atoms with E-state index in [1.54, 1.807) is 10.6 Å². The molecule has 0 unspecified atom stereocenters. The van der Waals surface area contributed by atoms with Gasteiger partial charge in [0.2, 0.25) is 0 Å². The van der Waals surface area contributed by atoms with Crippen molar-refractivity contribution in [1.29, 1.82) is 0 Å². The van der Waals surface area contributed by atoms with Crippen LogP contribution in [0.4, 0.5) is 0 Å². The van der Waals surface area contributed by atoms with Crippen LogP contribution in [0.2, 0.25) is 0 Å². The zero-order chi connectivity index (χ0) is 13.2. The molecule has 1 saturated carbocycles. The van der Waals surface area contributed by atoms with Crippen molar-refractivity contribution in [3.8, 4) is 0 Å². The van der Waals surface area contributed by atoms with Crippen LogP contribution in [0.1, 0.15) is 36.3 Å². The number of rotatable bonds is 3. The summed E-state index contributed by atoms with van der Waals surface area (Å²) in [4.78, 5) is 11.8. The van der Waals surface area contributed by atoms with Gasteiger partial charge in [0.15, 0.2) is 0 Å². The Kier molecular flexibility index (Phi) is 3.73. The maximum atomic E-state index is 11.8. The Morgan fingerprint density at radius 2 is 1.89 bits per heavy atom. The fourth-order valence-corrected chi connectivity index (χ4v) is 2.87. The van der Waals surface area contributed by atoms with Crippen LogP contribution in [0.5, 0.6) is 0 Å². The highest BCUT2D eigenvalue weighted by molar-refractivity contribution is 14.1. The van der Waals surface area contributed by atoms with Crippen molar-refractivity contribution in [1.82, 2.24) is 4.57 Å². The Morgan fingerprint density at radius 3 is 2.47 bits per heavy atom. The Morgan fingerprint density at radius 1 is 1.16 bits per heavy atom. The van der Waals surface area contributed by atoms with E-state index in [0.29, 0.717) is 6.54 Å². The van der Waals surface area contributed by atoms with Crippen molar-refractivity contribution < 1.29 is 0 Å². The smallest absolute Gasteiger partial charge is 0.251 e. The molecule has 0 saturated heterocycles. The quantitative estimate of drug-likeness (QED) is 0.759. The van der Waals surface area contributed by atoms with Gasteiger partial charge in [-0.15, -0.1) is 0 Å². The SMILES string of the molecule is O=c1cc(I)ccn1Cc1ccc(C2CCC2)cc1. The number of nitrogens with zero attached hydrogens (tertiary/aromatic N) is 1. The van der Waals surface area contributed by atoms with Gasteiger partial charge in [0.25, 0.3) is 5.56 Å². The summed E-state index contributed by atoms with van der Waals surface area (Å²) in [6.45, 7) is 0.653. The number of halogens is 1. The second kappa shape index (κ2) is 5.49. The highest BCUT2D eigenvalue weighted by atomic mass is 127. The molecule has 19 heavy (non-hydrogen) atoms. The molecule has 0 amide bonds. The molecule has 2 nitrogen and oxygen atoms in total. The van der Waals surface area contributed by atoms with E-state index in [1.807, 2.05) is 12.3 Å². The molecule has 3 rings (SSSR count). The van der Waals surface area contributed by atoms with E-state index in [1.165, 1.54) is 30.4 Å². The second-order valence-electron chi connectivity index (χ2n) is 5.18. The van der Waals surface area contributed by atoms with Crippen molar-refractivity contribution >= 4 is 22.6 Å². The lowest BCUT2D eigenvalue weighted by molar-refractivity contribution is 0.419. The van der Waals surface area contributed by atoms with E-state index < -0.39 is 0 Å². The van der Waals surface area contributed by atoms with Gasteiger partial charge in [-0.3, -0.25) is 4.79 Å². The minimum absolute atomic E-state index is 0.0648. The van der Waals surface area contributed by atoms with Gasteiger partial charge >= 0.3 is 0 Å². The first-order chi connectivity index (χ1) is 9.22. The Hall–Kier alpha value is -1.10. The molecule has 1 aromatic heterocycles. The molecular weight excluding hydrogens is 349 g/mol. The maximum absolute atomic E-state index is 11.8. The van der Waals surface area contributed by atoms with Crippen molar-refractivity contribution in [2.75, 3.05) is 0 Å². The molecule has 0 atom stereocenters. The summed E-state index contributed by atoms with van der Waals surface area (Å²) in [5.74, 6) is 0.773. The Labute approximate surface area is 126 Å². The third-order valence-corrected chi connectivity index (χ3v) is 4.54. The second-order valence-corrected chi connectivity index (χ2v) is 6.43. The fraction of sp³-hybridized carbons (Fsp3) is 0.312. The van der Waals surface area contributed by atoms with E-state index in [4.69, 9.17) is 0 Å². The summed E-state index contributed by atoms with van der Waals surface area (Å²) in [7, 11) is 0. The molecule has 2 aromatic rings. The predicted octanol–water partition coefficient (Wildman–Crippen LogP) is 3.77. The molecule has 1 aliphatic rings. The Bertz CT molecular complexity index is 626. The lowest BCUT2D eigenvalue weighted by atomic mass is 9.80. The zero-order valence-corrected chi connectivity index (χ0v) is 12.8. The van der Waals surface area contributed by atoms with E-state index in [9.17, 15) is 4.79 Å². The summed E-state index contributed by atoms with van der Waals surface area (Å²) in [5.41, 5.74) is 2.70. The number of benzene rings is 1. The molecular formula is C16H16INO. The lowest BCUT2D eigenvalue weighted by Gasteiger charge is -2.25. The summed E-state index contributed by atoms with van der Waals surface area (Å²) >= 11 is 2.16. The molecule has 1 aromatic carbocycles. The highest BCUT2D eigenvalue weighted by Gasteiger charge is 2.18. The molecule has 1 aliphatic carbocycles. The van der Waals surface area contributed by atoms with Crippen LogP contribution in [0.25, 0.3) is 0 Å². The summed E-state index contributed by atoms with van der Waals surface area (Å²) < 4.78 is 2.74. The number of hydrogen-bond acceptors (Lipinski definition) is 1. The van der Waals surface area contributed by atoms with Crippen LogP contribution in [0, 0.1) is 3.57 Å². The van der Waals surface area contributed by atoms with E-state index >= 15 is 0 Å². The number of pyridine rings is 1. The molecule has 0 radical (unpaired) electrons. The van der Waals surface area contributed by atoms with E-state index in [-0.39, 0.29) is 5.56 Å². The standard InChI is InChI=1S/C16H16INO/c17-15-8-9-18(16(19)10-15)11-12-4-6-14(7-5-12)13-2-1-3-13/h4-10,13H,1-3,11H2. The van der Waals surface area contributed by atoms with Gasteiger partial charge in [-0.1, -0.05) is 30.7 Å². The van der Waals surface area contributed by atoms with Crippen LogP contribution in [-0.2, 0) is 6.54 Å². The van der Waals surface area contributed by atoms with Crippen LogP contribution < -0.4 is 5.56 Å². The van der Waals surface area contributed by atoms with Crippen LogP contribution in [-0.4, -0.2) is 4.57 Å². The van der Waals surface area contributed by atoms with Crippen LogP contribution >= 0.6 is 22.6 Å². The van der Waals surface area contributed by atoms with E-state index in [2.05, 4.69) is 46.9 Å². The molecule has 1 fully saturated rings. The van der Waals surface area contributed by atoms with Crippen LogP contribution in [0.3, 0.4) is 0 Å². The summed E-state index contributed by atoms with van der Waals surface area (Å²) in [6.07, 6.45) is 5.89. The third kappa shape index (κ3) is 2.91. The first-order valence-corrected chi connectivity index (χ1v) is 7.75. The van der Waals surface area contributed by atoms with Gasteiger partial charge in [0, 0.05) is 15.8 Å². The molecule has 0 spiro atoms. The average Bonchev–Trinajstić information content (AvgIpc) is 2.33. The fourth-order valence-electron chi connectivity index (χ4n) is 2.45. The zero-order valence-electron chi connectivity index (χ0n) is 10.7. The van der Waals surface area contributed by atoms with Crippen molar-refractivity contribution in [2.45, 2.75) is 31.7 Å². The molecule has 1 heterocycles. The molecule has 0 N–H and O–H groups in total. The highest BCUT2D eigenvalue weighted by Crippen LogP contribution is 2.36. The van der Waals surface area contributed by atoms with Crippen LogP contribution in [0.15, 0.2) is 47.4 Å². The molecule has 0 bridgehead atoms. The average molecular weight is 365 g/mol. The van der Waals surface area contributed by atoms with Gasteiger partial charge in [-0.25, -0.2) is 0 Å². The van der Waals surface area contributed by atoms with Crippen molar-refractivity contribution in [3.05, 3.63) is 67.6 Å².